The molecule has 2 aromatic heterocycles. The van der Waals surface area contributed by atoms with Crippen molar-refractivity contribution in [2.75, 3.05) is 23.8 Å². The molecule has 0 saturated heterocycles. The molecule has 0 unspecified atom stereocenters. The summed E-state index contributed by atoms with van der Waals surface area (Å²) in [4.78, 5) is 37.3. The van der Waals surface area contributed by atoms with Crippen molar-refractivity contribution in [3.8, 4) is 22.3 Å². The second-order valence-electron chi connectivity index (χ2n) is 14.8. The SMILES string of the molecule is CCOC(=O)c1cccc(-c2cccc3cc(CNc4cccc(C(F)(F)F)c4)sc23)c1.NC(=O)CNC(=O)c1cccc(-c2cccc3cc(CNc4cccc(C(F)(F)F)c4)sc23)c1. The van der Waals surface area contributed by atoms with Crippen molar-refractivity contribution in [2.24, 2.45) is 5.73 Å². The summed E-state index contributed by atoms with van der Waals surface area (Å²) in [5.41, 5.74) is 9.06. The van der Waals surface area contributed by atoms with Crippen LogP contribution in [0.25, 0.3) is 42.4 Å². The number of anilines is 2. The minimum atomic E-state index is -4.39. The largest absolute Gasteiger partial charge is 0.462 e. The zero-order valence-corrected chi connectivity index (χ0v) is 36.6. The monoisotopic (exact) mass is 938 g/mol. The van der Waals surface area contributed by atoms with Crippen LogP contribution in [-0.2, 0) is 35.0 Å². The molecule has 0 aliphatic carbocycles. The first kappa shape index (κ1) is 46.8. The Morgan fingerprint density at radius 1 is 0.576 bits per heavy atom. The number of nitrogens with two attached hydrogens (primary N) is 1. The molecule has 8 nitrogen and oxygen atoms in total. The molecule has 8 aromatic rings. The van der Waals surface area contributed by atoms with Crippen LogP contribution in [0.3, 0.4) is 0 Å². The number of amides is 2. The Morgan fingerprint density at radius 2 is 1.03 bits per heavy atom. The lowest BCUT2D eigenvalue weighted by molar-refractivity contribution is -0.138. The maximum Gasteiger partial charge on any atom is 0.416 e. The van der Waals surface area contributed by atoms with Gasteiger partial charge in [-0.1, -0.05) is 72.8 Å². The van der Waals surface area contributed by atoms with E-state index in [9.17, 15) is 40.7 Å². The molecular formula is C50H40F6N4O4S2. The molecule has 0 atom stereocenters. The van der Waals surface area contributed by atoms with E-state index in [2.05, 4.69) is 16.0 Å². The molecule has 0 fully saturated rings. The summed E-state index contributed by atoms with van der Waals surface area (Å²) in [5, 5.41) is 10.6. The third kappa shape index (κ3) is 11.7. The minimum Gasteiger partial charge on any atom is -0.462 e. The number of esters is 1. The Balaban J connectivity index is 0.000000197. The van der Waals surface area contributed by atoms with Crippen LogP contribution in [0.1, 0.15) is 48.5 Å². The van der Waals surface area contributed by atoms with Gasteiger partial charge in [-0.3, -0.25) is 9.59 Å². The van der Waals surface area contributed by atoms with Crippen molar-refractivity contribution in [2.45, 2.75) is 32.4 Å². The summed E-state index contributed by atoms with van der Waals surface area (Å²) < 4.78 is 84.9. The quantitative estimate of drug-likeness (QED) is 0.0675. The summed E-state index contributed by atoms with van der Waals surface area (Å²) in [6.07, 6.45) is -8.77. The molecule has 0 spiro atoms. The highest BCUT2D eigenvalue weighted by atomic mass is 32.1. The molecule has 2 heterocycles. The van der Waals surface area contributed by atoms with Gasteiger partial charge in [-0.15, -0.1) is 22.7 Å². The molecule has 0 aliphatic heterocycles. The summed E-state index contributed by atoms with van der Waals surface area (Å²) >= 11 is 3.10. The van der Waals surface area contributed by atoms with Gasteiger partial charge < -0.3 is 26.4 Å². The van der Waals surface area contributed by atoms with Gasteiger partial charge in [-0.2, -0.15) is 26.3 Å². The number of alkyl halides is 6. The highest BCUT2D eigenvalue weighted by Gasteiger charge is 2.31. The molecule has 66 heavy (non-hydrogen) atoms. The maximum absolute atomic E-state index is 13.0. The Hall–Kier alpha value is -7.17. The van der Waals surface area contributed by atoms with E-state index in [-0.39, 0.29) is 12.5 Å². The molecule has 16 heteroatoms. The number of carbonyl (C=O) groups is 3. The van der Waals surface area contributed by atoms with Crippen LogP contribution in [0.5, 0.6) is 0 Å². The van der Waals surface area contributed by atoms with Crippen LogP contribution in [0.2, 0.25) is 0 Å². The Bertz CT molecular complexity index is 3040. The lowest BCUT2D eigenvalue weighted by atomic mass is 10.0. The topological polar surface area (TPSA) is 123 Å². The average molecular weight is 939 g/mol. The van der Waals surface area contributed by atoms with Gasteiger partial charge in [-0.25, -0.2) is 4.79 Å². The summed E-state index contributed by atoms with van der Waals surface area (Å²) in [5.74, 6) is -1.39. The van der Waals surface area contributed by atoms with Crippen molar-refractivity contribution in [3.05, 3.63) is 178 Å². The fraction of sp³-hybridized carbons (Fsp3) is 0.140. The summed E-state index contributed by atoms with van der Waals surface area (Å²) in [6.45, 7) is 2.61. The lowest BCUT2D eigenvalue weighted by Crippen LogP contribution is -2.33. The molecule has 0 aliphatic rings. The zero-order valence-electron chi connectivity index (χ0n) is 35.0. The number of rotatable bonds is 13. The fourth-order valence-corrected chi connectivity index (χ4v) is 9.24. The standard InChI is InChI=1S/C25H20F3N3O2S.C25H20F3NO2S/c26-25(27,28)18-7-3-8-19(12-18)30-13-20-11-16-5-2-9-21(23(16)34-20)15-4-1-6-17(10-15)24(33)31-14-22(29)32;1-2-31-24(30)18-8-3-6-16(12-18)22-11-4-7-17-13-21(32-23(17)22)15-29-20-10-5-9-19(14-20)25(26,27)28/h1-12,30H,13-14H2,(H2,29,32)(H,31,33);3-14,29H,2,15H2,1H3. The van der Waals surface area contributed by atoms with E-state index < -0.39 is 35.3 Å². The fourth-order valence-electron chi connectivity index (χ4n) is 6.98. The van der Waals surface area contributed by atoms with Gasteiger partial charge >= 0.3 is 18.3 Å². The second-order valence-corrected chi connectivity index (χ2v) is 17.0. The highest BCUT2D eigenvalue weighted by molar-refractivity contribution is 7.20. The van der Waals surface area contributed by atoms with E-state index in [1.807, 2.05) is 72.8 Å². The van der Waals surface area contributed by atoms with Crippen molar-refractivity contribution >= 4 is 72.0 Å². The molecular weight excluding hydrogens is 899 g/mol. The molecule has 338 valence electrons. The zero-order chi connectivity index (χ0) is 47.0. The van der Waals surface area contributed by atoms with Crippen molar-refractivity contribution in [1.29, 1.82) is 0 Å². The molecule has 0 radical (unpaired) electrons. The van der Waals surface area contributed by atoms with Gasteiger partial charge in [0, 0.05) is 49.2 Å². The molecule has 0 saturated carbocycles. The Labute approximate surface area is 383 Å². The normalized spacial score (nSPS) is 11.4. The van der Waals surface area contributed by atoms with Gasteiger partial charge in [0.25, 0.3) is 5.91 Å². The van der Waals surface area contributed by atoms with Crippen LogP contribution in [0.4, 0.5) is 37.7 Å². The minimum absolute atomic E-state index is 0.244. The van der Waals surface area contributed by atoms with Gasteiger partial charge in [0.05, 0.1) is 29.8 Å². The summed E-state index contributed by atoms with van der Waals surface area (Å²) in [7, 11) is 0. The molecule has 0 bridgehead atoms. The number of carbonyl (C=O) groups excluding carboxylic acids is 3. The Kier molecular flexibility index (Phi) is 14.4. The van der Waals surface area contributed by atoms with Gasteiger partial charge in [0.15, 0.2) is 0 Å². The van der Waals surface area contributed by atoms with E-state index in [1.54, 1.807) is 54.7 Å². The number of hydrogen-bond acceptors (Lipinski definition) is 8. The number of primary amides is 1. The molecule has 5 N–H and O–H groups in total. The van der Waals surface area contributed by atoms with Crippen LogP contribution in [0, 0.1) is 0 Å². The maximum atomic E-state index is 13.0. The highest BCUT2D eigenvalue weighted by Crippen LogP contribution is 2.38. The smallest absolute Gasteiger partial charge is 0.416 e. The van der Waals surface area contributed by atoms with E-state index >= 15 is 0 Å². The Morgan fingerprint density at radius 3 is 1.50 bits per heavy atom. The number of thiophene rings is 2. The van der Waals surface area contributed by atoms with E-state index in [0.717, 1.165) is 76.4 Å². The van der Waals surface area contributed by atoms with E-state index in [0.29, 0.717) is 42.2 Å². The number of hydrogen-bond donors (Lipinski definition) is 4. The van der Waals surface area contributed by atoms with Crippen molar-refractivity contribution in [3.63, 3.8) is 0 Å². The van der Waals surface area contributed by atoms with E-state index in [1.165, 1.54) is 23.5 Å². The van der Waals surface area contributed by atoms with Crippen LogP contribution >= 0.6 is 22.7 Å². The molecule has 8 rings (SSSR count). The van der Waals surface area contributed by atoms with Crippen molar-refractivity contribution in [1.82, 2.24) is 5.32 Å². The van der Waals surface area contributed by atoms with Gasteiger partial charge in [0.2, 0.25) is 5.91 Å². The predicted molar refractivity (Wildman–Crippen MR) is 250 cm³/mol. The number of benzene rings is 6. The lowest BCUT2D eigenvalue weighted by Gasteiger charge is -2.10. The van der Waals surface area contributed by atoms with Crippen molar-refractivity contribution < 1.29 is 45.5 Å². The van der Waals surface area contributed by atoms with E-state index in [4.69, 9.17) is 10.5 Å². The second kappa shape index (κ2) is 20.3. The number of ether oxygens (including phenoxy) is 1. The molecule has 6 aromatic carbocycles. The molecule has 2 amide bonds. The van der Waals surface area contributed by atoms with Gasteiger partial charge in [0.1, 0.15) is 0 Å². The van der Waals surface area contributed by atoms with Crippen LogP contribution < -0.4 is 21.7 Å². The first-order chi connectivity index (χ1) is 31.5. The third-order valence-electron chi connectivity index (χ3n) is 10.0. The first-order valence-electron chi connectivity index (χ1n) is 20.4. The number of fused-ring (bicyclic) bond motifs is 2. The number of halogens is 6. The first-order valence-corrected chi connectivity index (χ1v) is 22.0. The number of nitrogens with one attached hydrogen (secondary N) is 3. The van der Waals surface area contributed by atoms with Crippen LogP contribution in [0.15, 0.2) is 146 Å². The third-order valence-corrected chi connectivity index (χ3v) is 12.4. The average Bonchev–Trinajstić information content (AvgIpc) is 3.94. The predicted octanol–water partition coefficient (Wildman–Crippen LogP) is 12.8. The van der Waals surface area contributed by atoms with Gasteiger partial charge in [-0.05, 0) is 113 Å². The summed E-state index contributed by atoms with van der Waals surface area (Å²) in [6, 6.07) is 40.4. The van der Waals surface area contributed by atoms with Crippen LogP contribution in [-0.4, -0.2) is 30.9 Å².